The van der Waals surface area contributed by atoms with Crippen molar-refractivity contribution in [3.63, 3.8) is 0 Å². The molecule has 0 spiro atoms. The summed E-state index contributed by atoms with van der Waals surface area (Å²) in [5.41, 5.74) is 0.162. The second kappa shape index (κ2) is 6.02. The summed E-state index contributed by atoms with van der Waals surface area (Å²) in [5.74, 6) is -0.958. The van der Waals surface area contributed by atoms with Crippen molar-refractivity contribution in [2.45, 2.75) is 0 Å². The molecular formula is C13H11ClN2O4S. The van der Waals surface area contributed by atoms with E-state index < -0.39 is 16.1 Å². The van der Waals surface area contributed by atoms with Crippen LogP contribution < -0.4 is 9.44 Å². The second-order valence-corrected chi connectivity index (χ2v) is 5.89. The lowest BCUT2D eigenvalue weighted by atomic mass is 10.2. The highest BCUT2D eigenvalue weighted by Gasteiger charge is 2.17. The summed E-state index contributed by atoms with van der Waals surface area (Å²) in [6, 6.07) is 11.6. The molecule has 0 aromatic heterocycles. The molecule has 0 aliphatic rings. The Morgan fingerprint density at radius 2 is 1.81 bits per heavy atom. The van der Waals surface area contributed by atoms with Crippen LogP contribution in [0.15, 0.2) is 48.5 Å². The summed E-state index contributed by atoms with van der Waals surface area (Å²) in [5, 5.41) is 9.41. The number of anilines is 1. The molecule has 3 N–H and O–H groups in total. The third-order valence-corrected chi connectivity index (χ3v) is 3.73. The number of amides is 1. The molecule has 21 heavy (non-hydrogen) atoms. The van der Waals surface area contributed by atoms with Crippen LogP contribution in [0.3, 0.4) is 0 Å². The molecule has 0 aliphatic carbocycles. The molecule has 0 bridgehead atoms. The largest absolute Gasteiger partial charge is 0.508 e. The van der Waals surface area contributed by atoms with Gasteiger partial charge >= 0.3 is 10.2 Å². The molecule has 2 rings (SSSR count). The number of hydrogen-bond acceptors (Lipinski definition) is 4. The summed E-state index contributed by atoms with van der Waals surface area (Å²) >= 11 is 5.82. The Morgan fingerprint density at radius 3 is 2.48 bits per heavy atom. The zero-order valence-electron chi connectivity index (χ0n) is 10.6. The molecule has 2 aromatic rings. The van der Waals surface area contributed by atoms with Gasteiger partial charge in [-0.2, -0.15) is 8.42 Å². The summed E-state index contributed by atoms with van der Waals surface area (Å²) < 4.78 is 27.6. The third-order valence-electron chi connectivity index (χ3n) is 2.44. The van der Waals surface area contributed by atoms with Gasteiger partial charge in [-0.1, -0.05) is 29.8 Å². The van der Waals surface area contributed by atoms with Gasteiger partial charge in [-0.25, -0.2) is 4.72 Å². The lowest BCUT2D eigenvalue weighted by Crippen LogP contribution is -2.35. The summed E-state index contributed by atoms with van der Waals surface area (Å²) in [6.07, 6.45) is 0. The molecule has 0 saturated heterocycles. The van der Waals surface area contributed by atoms with E-state index in [0.29, 0.717) is 0 Å². The van der Waals surface area contributed by atoms with Crippen LogP contribution in [0.5, 0.6) is 5.75 Å². The Balaban J connectivity index is 2.15. The second-order valence-electron chi connectivity index (χ2n) is 4.07. The van der Waals surface area contributed by atoms with Gasteiger partial charge in [-0.3, -0.25) is 9.52 Å². The van der Waals surface area contributed by atoms with E-state index in [0.717, 1.165) is 0 Å². The van der Waals surface area contributed by atoms with Gasteiger partial charge in [0.1, 0.15) is 5.75 Å². The fourth-order valence-electron chi connectivity index (χ4n) is 1.57. The van der Waals surface area contributed by atoms with E-state index in [1.165, 1.54) is 36.4 Å². The van der Waals surface area contributed by atoms with E-state index in [2.05, 4.69) is 4.72 Å². The minimum atomic E-state index is -4.13. The summed E-state index contributed by atoms with van der Waals surface area (Å²) in [4.78, 5) is 11.9. The third kappa shape index (κ3) is 4.11. The van der Waals surface area contributed by atoms with Crippen molar-refractivity contribution in [2.75, 3.05) is 4.72 Å². The van der Waals surface area contributed by atoms with Gasteiger partial charge in [0, 0.05) is 6.07 Å². The molecule has 2 aromatic carbocycles. The zero-order valence-corrected chi connectivity index (χ0v) is 12.1. The number of phenolic OH excluding ortho intramolecular Hbond substituents is 1. The number of benzene rings is 2. The van der Waals surface area contributed by atoms with Gasteiger partial charge in [0.15, 0.2) is 0 Å². The highest BCUT2D eigenvalue weighted by Crippen LogP contribution is 2.17. The number of carbonyl (C=O) groups excluding carboxylic acids is 1. The van der Waals surface area contributed by atoms with Gasteiger partial charge in [0.25, 0.3) is 5.91 Å². The smallest absolute Gasteiger partial charge is 0.323 e. The molecule has 0 saturated carbocycles. The number of carbonyl (C=O) groups is 1. The number of phenols is 1. The average Bonchev–Trinajstić information content (AvgIpc) is 2.37. The standard InChI is InChI=1S/C13H11ClN2O4S/c14-12-7-2-1-6-11(12)13(18)16-21(19,20)15-9-4-3-5-10(17)8-9/h1-8,15,17H,(H,16,18). The first-order chi connectivity index (χ1) is 9.87. The first kappa shape index (κ1) is 15.1. The quantitative estimate of drug-likeness (QED) is 0.802. The number of hydrogen-bond donors (Lipinski definition) is 3. The average molecular weight is 327 g/mol. The van der Waals surface area contributed by atoms with Crippen molar-refractivity contribution < 1.29 is 18.3 Å². The number of rotatable bonds is 4. The maximum absolute atomic E-state index is 11.9. The van der Waals surface area contributed by atoms with Crippen molar-refractivity contribution >= 4 is 33.4 Å². The van der Waals surface area contributed by atoms with E-state index in [1.54, 1.807) is 12.1 Å². The molecule has 0 heterocycles. The van der Waals surface area contributed by atoms with Crippen molar-refractivity contribution in [3.8, 4) is 5.75 Å². The minimum Gasteiger partial charge on any atom is -0.508 e. The maximum Gasteiger partial charge on any atom is 0.323 e. The van der Waals surface area contributed by atoms with E-state index >= 15 is 0 Å². The Labute approximate surface area is 126 Å². The predicted molar refractivity (Wildman–Crippen MR) is 79.6 cm³/mol. The Morgan fingerprint density at radius 1 is 1.10 bits per heavy atom. The van der Waals surface area contributed by atoms with Crippen LogP contribution in [0.2, 0.25) is 5.02 Å². The van der Waals surface area contributed by atoms with E-state index in [4.69, 9.17) is 11.6 Å². The lowest BCUT2D eigenvalue weighted by Gasteiger charge is -2.10. The number of halogens is 1. The van der Waals surface area contributed by atoms with Crippen molar-refractivity contribution in [1.29, 1.82) is 0 Å². The maximum atomic E-state index is 11.9. The van der Waals surface area contributed by atoms with Crippen LogP contribution in [-0.2, 0) is 10.2 Å². The van der Waals surface area contributed by atoms with Crippen molar-refractivity contribution in [3.05, 3.63) is 59.1 Å². The monoisotopic (exact) mass is 326 g/mol. The van der Waals surface area contributed by atoms with Gasteiger partial charge in [0.05, 0.1) is 16.3 Å². The molecule has 6 nitrogen and oxygen atoms in total. The first-order valence-corrected chi connectivity index (χ1v) is 7.62. The molecular weight excluding hydrogens is 316 g/mol. The van der Waals surface area contributed by atoms with Crippen molar-refractivity contribution in [2.24, 2.45) is 0 Å². The van der Waals surface area contributed by atoms with Crippen molar-refractivity contribution in [1.82, 2.24) is 4.72 Å². The molecule has 0 fully saturated rings. The molecule has 0 aliphatic heterocycles. The topological polar surface area (TPSA) is 95.5 Å². The minimum absolute atomic E-state index is 0.0421. The van der Waals surface area contributed by atoms with Crippen LogP contribution in [0, 0.1) is 0 Å². The molecule has 110 valence electrons. The number of nitrogens with one attached hydrogen (secondary N) is 2. The molecule has 0 radical (unpaired) electrons. The van der Waals surface area contributed by atoms with Crippen LogP contribution >= 0.6 is 11.6 Å². The van der Waals surface area contributed by atoms with Crippen LogP contribution in [0.1, 0.15) is 10.4 Å². The normalized spacial score (nSPS) is 10.9. The van der Waals surface area contributed by atoms with E-state index in [1.807, 2.05) is 4.72 Å². The van der Waals surface area contributed by atoms with Crippen LogP contribution in [0.25, 0.3) is 0 Å². The SMILES string of the molecule is O=C(NS(=O)(=O)Nc1cccc(O)c1)c1ccccc1Cl. The Kier molecular flexibility index (Phi) is 4.35. The van der Waals surface area contributed by atoms with Gasteiger partial charge in [-0.05, 0) is 24.3 Å². The Hall–Kier alpha value is -2.25. The molecule has 0 atom stereocenters. The first-order valence-electron chi connectivity index (χ1n) is 5.76. The van der Waals surface area contributed by atoms with E-state index in [9.17, 15) is 18.3 Å². The predicted octanol–water partition coefficient (Wildman–Crippen LogP) is 2.13. The molecule has 8 heteroatoms. The van der Waals surface area contributed by atoms with Crippen LogP contribution in [-0.4, -0.2) is 19.4 Å². The fourth-order valence-corrected chi connectivity index (χ4v) is 2.64. The summed E-state index contributed by atoms with van der Waals surface area (Å²) in [6.45, 7) is 0. The van der Waals surface area contributed by atoms with Gasteiger partial charge in [-0.15, -0.1) is 0 Å². The zero-order chi connectivity index (χ0) is 15.5. The number of aromatic hydroxyl groups is 1. The lowest BCUT2D eigenvalue weighted by molar-refractivity contribution is 0.0982. The Bertz CT molecular complexity index is 777. The highest BCUT2D eigenvalue weighted by molar-refractivity contribution is 7.91. The van der Waals surface area contributed by atoms with Gasteiger partial charge < -0.3 is 5.11 Å². The fraction of sp³-hybridized carbons (Fsp3) is 0. The summed E-state index contributed by atoms with van der Waals surface area (Å²) in [7, 11) is -4.13. The molecule has 1 amide bonds. The van der Waals surface area contributed by atoms with Crippen LogP contribution in [0.4, 0.5) is 5.69 Å². The van der Waals surface area contributed by atoms with E-state index in [-0.39, 0.29) is 22.0 Å². The highest BCUT2D eigenvalue weighted by atomic mass is 35.5. The van der Waals surface area contributed by atoms with Gasteiger partial charge in [0.2, 0.25) is 0 Å². The molecule has 0 unspecified atom stereocenters.